The molecule has 2 N–H and O–H groups in total. The van der Waals surface area contributed by atoms with Crippen LogP contribution in [0.3, 0.4) is 0 Å². The molecule has 4 nitrogen and oxygen atoms in total. The molecule has 0 unspecified atom stereocenters. The molecule has 4 heteroatoms. The minimum atomic E-state index is -1.37. The number of Topliss-reactive ketones (excluding diaryl/α,β-unsaturated/α-hetero) is 1. The summed E-state index contributed by atoms with van der Waals surface area (Å²) in [5, 5.41) is 12.0. The molecule has 1 rings (SSSR count). The largest absolute Gasteiger partial charge is 0.475 e. The fourth-order valence-corrected chi connectivity index (χ4v) is 3.20. The fourth-order valence-electron chi connectivity index (χ4n) is 3.20. The minimum Gasteiger partial charge on any atom is -0.475 e. The van der Waals surface area contributed by atoms with E-state index in [-0.39, 0.29) is 6.42 Å². The Bertz CT molecular complexity index is 525. The predicted octanol–water partition coefficient (Wildman–Crippen LogP) is 6.00. The molecule has 0 aromatic heterocycles. The lowest BCUT2D eigenvalue weighted by Crippen LogP contribution is -2.14. The first-order valence-electron chi connectivity index (χ1n) is 10.7. The van der Waals surface area contributed by atoms with E-state index in [9.17, 15) is 9.59 Å². The number of hydrogen-bond donors (Lipinski definition) is 2. The first kappa shape index (κ1) is 23.2. The third kappa shape index (κ3) is 12.2. The summed E-state index contributed by atoms with van der Waals surface area (Å²) in [5.41, 5.74) is 1.75. The van der Waals surface area contributed by atoms with E-state index in [2.05, 4.69) is 12.2 Å². The van der Waals surface area contributed by atoms with E-state index in [0.717, 1.165) is 24.2 Å². The Morgan fingerprint density at radius 1 is 0.778 bits per heavy atom. The molecule has 0 saturated carbocycles. The molecule has 0 heterocycles. The van der Waals surface area contributed by atoms with Crippen LogP contribution in [0.1, 0.15) is 89.5 Å². The summed E-state index contributed by atoms with van der Waals surface area (Å²) in [5.74, 6) is -2.14. The third-order valence-corrected chi connectivity index (χ3v) is 4.92. The van der Waals surface area contributed by atoms with Gasteiger partial charge in [-0.05, 0) is 24.1 Å². The van der Waals surface area contributed by atoms with Gasteiger partial charge < -0.3 is 10.4 Å². The monoisotopic (exact) mass is 375 g/mol. The number of carboxylic acids is 1. The quantitative estimate of drug-likeness (QED) is 0.259. The molecule has 152 valence electrons. The highest BCUT2D eigenvalue weighted by Crippen LogP contribution is 2.13. The first-order chi connectivity index (χ1) is 13.1. The standard InChI is InChI=1S/C23H37NO3/c1-2-3-4-5-6-7-8-9-10-11-12-13-18-24-21-16-14-20(15-17-21)19-22(25)23(26)27/h14-17,24H,2-13,18-19H2,1H3,(H,26,27). The van der Waals surface area contributed by atoms with Crippen LogP contribution in [-0.2, 0) is 16.0 Å². The summed E-state index contributed by atoms with van der Waals surface area (Å²) < 4.78 is 0. The van der Waals surface area contributed by atoms with Crippen molar-refractivity contribution in [3.63, 3.8) is 0 Å². The fraction of sp³-hybridized carbons (Fsp3) is 0.652. The number of nitrogens with one attached hydrogen (secondary N) is 1. The topological polar surface area (TPSA) is 66.4 Å². The second-order valence-electron chi connectivity index (χ2n) is 7.42. The lowest BCUT2D eigenvalue weighted by atomic mass is 10.1. The molecule has 1 aromatic carbocycles. The van der Waals surface area contributed by atoms with Gasteiger partial charge in [0.05, 0.1) is 0 Å². The molecule has 0 saturated heterocycles. The van der Waals surface area contributed by atoms with E-state index in [1.165, 1.54) is 70.6 Å². The lowest BCUT2D eigenvalue weighted by molar-refractivity contribution is -0.148. The maximum Gasteiger partial charge on any atom is 0.372 e. The second kappa shape index (κ2) is 15.2. The summed E-state index contributed by atoms with van der Waals surface area (Å²) in [6.07, 6.45) is 16.2. The molecule has 0 atom stereocenters. The number of aliphatic carboxylic acids is 1. The van der Waals surface area contributed by atoms with Crippen LogP contribution in [-0.4, -0.2) is 23.4 Å². The summed E-state index contributed by atoms with van der Waals surface area (Å²) in [4.78, 5) is 21.7. The van der Waals surface area contributed by atoms with E-state index in [1.54, 1.807) is 0 Å². The Morgan fingerprint density at radius 3 is 1.74 bits per heavy atom. The van der Waals surface area contributed by atoms with Crippen molar-refractivity contribution in [3.05, 3.63) is 29.8 Å². The van der Waals surface area contributed by atoms with Gasteiger partial charge in [0, 0.05) is 18.7 Å². The van der Waals surface area contributed by atoms with Crippen molar-refractivity contribution >= 4 is 17.4 Å². The van der Waals surface area contributed by atoms with Crippen molar-refractivity contribution < 1.29 is 14.7 Å². The number of carbonyl (C=O) groups excluding carboxylic acids is 1. The Balaban J connectivity index is 1.96. The maximum absolute atomic E-state index is 11.2. The van der Waals surface area contributed by atoms with E-state index < -0.39 is 11.8 Å². The second-order valence-corrected chi connectivity index (χ2v) is 7.42. The highest BCUT2D eigenvalue weighted by atomic mass is 16.4. The molecular weight excluding hydrogens is 338 g/mol. The van der Waals surface area contributed by atoms with Gasteiger partial charge in [-0.2, -0.15) is 0 Å². The molecule has 0 bridgehead atoms. The maximum atomic E-state index is 11.2. The van der Waals surface area contributed by atoms with Crippen LogP contribution in [0.25, 0.3) is 0 Å². The van der Waals surface area contributed by atoms with Crippen LogP contribution >= 0.6 is 0 Å². The van der Waals surface area contributed by atoms with E-state index >= 15 is 0 Å². The van der Waals surface area contributed by atoms with Gasteiger partial charge in [-0.15, -0.1) is 0 Å². The predicted molar refractivity (Wildman–Crippen MR) is 112 cm³/mol. The molecule has 0 fully saturated rings. The summed E-state index contributed by atoms with van der Waals surface area (Å²) in [6.45, 7) is 3.21. The van der Waals surface area contributed by atoms with Crippen LogP contribution in [0, 0.1) is 0 Å². The molecule has 0 aliphatic carbocycles. The van der Waals surface area contributed by atoms with Crippen molar-refractivity contribution in [1.29, 1.82) is 0 Å². The highest BCUT2D eigenvalue weighted by molar-refractivity contribution is 6.33. The average molecular weight is 376 g/mol. The number of carbonyl (C=O) groups is 2. The van der Waals surface area contributed by atoms with Crippen LogP contribution in [0.2, 0.25) is 0 Å². The van der Waals surface area contributed by atoms with Gasteiger partial charge in [-0.25, -0.2) is 4.79 Å². The number of benzene rings is 1. The zero-order valence-corrected chi connectivity index (χ0v) is 17.0. The van der Waals surface area contributed by atoms with Crippen molar-refractivity contribution in [2.75, 3.05) is 11.9 Å². The van der Waals surface area contributed by atoms with Gasteiger partial charge in [0.15, 0.2) is 0 Å². The van der Waals surface area contributed by atoms with Gasteiger partial charge in [0.25, 0.3) is 0 Å². The molecule has 0 amide bonds. The summed E-state index contributed by atoms with van der Waals surface area (Å²) in [6, 6.07) is 7.44. The van der Waals surface area contributed by atoms with Gasteiger partial charge in [0.1, 0.15) is 0 Å². The SMILES string of the molecule is CCCCCCCCCCCCCCNc1ccc(CC(=O)C(=O)O)cc1. The Labute approximate surface area is 164 Å². The Kier molecular flexibility index (Phi) is 13.1. The number of anilines is 1. The summed E-state index contributed by atoms with van der Waals surface area (Å²) >= 11 is 0. The van der Waals surface area contributed by atoms with E-state index in [1.807, 2.05) is 24.3 Å². The number of carboxylic acid groups (broad SMARTS) is 1. The smallest absolute Gasteiger partial charge is 0.372 e. The van der Waals surface area contributed by atoms with Gasteiger partial charge in [-0.3, -0.25) is 4.79 Å². The lowest BCUT2D eigenvalue weighted by Gasteiger charge is -2.07. The van der Waals surface area contributed by atoms with Crippen molar-refractivity contribution in [3.8, 4) is 0 Å². The Morgan fingerprint density at radius 2 is 1.26 bits per heavy atom. The van der Waals surface area contributed by atoms with Crippen LogP contribution in [0.5, 0.6) is 0 Å². The summed E-state index contributed by atoms with van der Waals surface area (Å²) in [7, 11) is 0. The molecule has 1 aromatic rings. The molecular formula is C23H37NO3. The van der Waals surface area contributed by atoms with Crippen molar-refractivity contribution in [2.45, 2.75) is 90.4 Å². The molecule has 0 aliphatic rings. The molecule has 0 radical (unpaired) electrons. The van der Waals surface area contributed by atoms with Crippen molar-refractivity contribution in [2.24, 2.45) is 0 Å². The first-order valence-corrected chi connectivity index (χ1v) is 10.7. The van der Waals surface area contributed by atoms with E-state index in [0.29, 0.717) is 0 Å². The highest BCUT2D eigenvalue weighted by Gasteiger charge is 2.11. The Hall–Kier alpha value is -1.84. The molecule has 27 heavy (non-hydrogen) atoms. The number of unbranched alkanes of at least 4 members (excludes halogenated alkanes) is 11. The molecule has 0 aliphatic heterocycles. The van der Waals surface area contributed by atoms with Gasteiger partial charge in [-0.1, -0.05) is 89.7 Å². The van der Waals surface area contributed by atoms with Crippen LogP contribution < -0.4 is 5.32 Å². The third-order valence-electron chi connectivity index (χ3n) is 4.92. The molecule has 0 spiro atoms. The zero-order valence-electron chi connectivity index (χ0n) is 17.0. The number of hydrogen-bond acceptors (Lipinski definition) is 3. The van der Waals surface area contributed by atoms with E-state index in [4.69, 9.17) is 5.11 Å². The number of rotatable bonds is 17. The minimum absolute atomic E-state index is 0.0473. The average Bonchev–Trinajstić information content (AvgIpc) is 2.66. The van der Waals surface area contributed by atoms with Gasteiger partial charge in [0.2, 0.25) is 5.78 Å². The van der Waals surface area contributed by atoms with Crippen LogP contribution in [0.4, 0.5) is 5.69 Å². The van der Waals surface area contributed by atoms with Crippen LogP contribution in [0.15, 0.2) is 24.3 Å². The zero-order chi connectivity index (χ0) is 19.7. The number of ketones is 1. The van der Waals surface area contributed by atoms with Crippen molar-refractivity contribution in [1.82, 2.24) is 0 Å². The van der Waals surface area contributed by atoms with Gasteiger partial charge >= 0.3 is 5.97 Å². The normalized spacial score (nSPS) is 10.7.